The molecule has 0 heterocycles. The third-order valence-corrected chi connectivity index (χ3v) is 2.09. The summed E-state index contributed by atoms with van der Waals surface area (Å²) < 4.78 is 9.70. The van der Waals surface area contributed by atoms with Gasteiger partial charge in [-0.25, -0.2) is 0 Å². The first-order valence-electron chi connectivity index (χ1n) is 5.35. The standard InChI is InChI=1S/C11H20O4/c1-5-14-10(12)7-9(8(3)4)11(13)15-6-2/h8-9H,5-7H2,1-4H3. The number of hydrogen-bond donors (Lipinski definition) is 0. The molecule has 15 heavy (non-hydrogen) atoms. The van der Waals surface area contributed by atoms with E-state index in [9.17, 15) is 9.59 Å². The van der Waals surface area contributed by atoms with Gasteiger partial charge in [0.25, 0.3) is 0 Å². The minimum Gasteiger partial charge on any atom is -0.466 e. The van der Waals surface area contributed by atoms with E-state index in [2.05, 4.69) is 0 Å². The molecule has 1 atom stereocenters. The van der Waals surface area contributed by atoms with Crippen LogP contribution in [0.3, 0.4) is 0 Å². The van der Waals surface area contributed by atoms with Gasteiger partial charge in [0.1, 0.15) is 0 Å². The molecule has 0 bridgehead atoms. The Morgan fingerprint density at radius 1 is 1.07 bits per heavy atom. The van der Waals surface area contributed by atoms with Gasteiger partial charge in [-0.3, -0.25) is 9.59 Å². The van der Waals surface area contributed by atoms with E-state index in [1.807, 2.05) is 13.8 Å². The molecule has 0 fully saturated rings. The normalized spacial score (nSPS) is 12.3. The molecule has 1 unspecified atom stereocenters. The minimum atomic E-state index is -0.399. The Morgan fingerprint density at radius 2 is 1.60 bits per heavy atom. The average Bonchev–Trinajstić information content (AvgIpc) is 2.14. The summed E-state index contributed by atoms with van der Waals surface area (Å²) >= 11 is 0. The third kappa shape index (κ3) is 5.40. The Hall–Kier alpha value is -1.06. The maximum atomic E-state index is 11.5. The van der Waals surface area contributed by atoms with Gasteiger partial charge in [-0.05, 0) is 19.8 Å². The molecule has 0 radical (unpaired) electrons. The second-order valence-electron chi connectivity index (χ2n) is 3.61. The summed E-state index contributed by atoms with van der Waals surface area (Å²) in [6.45, 7) is 7.95. The van der Waals surface area contributed by atoms with Gasteiger partial charge in [-0.15, -0.1) is 0 Å². The van der Waals surface area contributed by atoms with Crippen molar-refractivity contribution in [2.75, 3.05) is 13.2 Å². The van der Waals surface area contributed by atoms with E-state index in [4.69, 9.17) is 9.47 Å². The first-order valence-corrected chi connectivity index (χ1v) is 5.35. The fourth-order valence-electron chi connectivity index (χ4n) is 1.24. The van der Waals surface area contributed by atoms with Crippen molar-refractivity contribution in [3.63, 3.8) is 0 Å². The zero-order valence-corrected chi connectivity index (χ0v) is 9.91. The molecule has 0 N–H and O–H groups in total. The lowest BCUT2D eigenvalue weighted by molar-refractivity contribution is -0.156. The van der Waals surface area contributed by atoms with Gasteiger partial charge in [0.05, 0.1) is 25.6 Å². The summed E-state index contributed by atoms with van der Waals surface area (Å²) in [6, 6.07) is 0. The van der Waals surface area contributed by atoms with Crippen LogP contribution in [0.2, 0.25) is 0 Å². The second-order valence-corrected chi connectivity index (χ2v) is 3.61. The highest BCUT2D eigenvalue weighted by Gasteiger charge is 2.26. The monoisotopic (exact) mass is 216 g/mol. The van der Waals surface area contributed by atoms with Crippen molar-refractivity contribution in [3.8, 4) is 0 Å². The summed E-state index contributed by atoms with van der Waals surface area (Å²) in [5.74, 6) is -0.984. The largest absolute Gasteiger partial charge is 0.466 e. The Labute approximate surface area is 90.9 Å². The van der Waals surface area contributed by atoms with E-state index in [1.165, 1.54) is 0 Å². The number of esters is 2. The number of carbonyl (C=O) groups excluding carboxylic acids is 2. The summed E-state index contributed by atoms with van der Waals surface area (Å²) in [5, 5.41) is 0. The molecular formula is C11H20O4. The fourth-order valence-corrected chi connectivity index (χ4v) is 1.24. The van der Waals surface area contributed by atoms with Crippen molar-refractivity contribution >= 4 is 11.9 Å². The van der Waals surface area contributed by atoms with Crippen molar-refractivity contribution in [2.45, 2.75) is 34.1 Å². The van der Waals surface area contributed by atoms with Crippen LogP contribution in [-0.4, -0.2) is 25.2 Å². The van der Waals surface area contributed by atoms with Crippen molar-refractivity contribution in [3.05, 3.63) is 0 Å². The molecule has 0 saturated carbocycles. The first-order chi connectivity index (χ1) is 7.02. The van der Waals surface area contributed by atoms with Gasteiger partial charge in [0.2, 0.25) is 0 Å². The molecule has 0 aliphatic carbocycles. The van der Waals surface area contributed by atoms with Crippen molar-refractivity contribution < 1.29 is 19.1 Å². The highest BCUT2D eigenvalue weighted by atomic mass is 16.5. The molecular weight excluding hydrogens is 196 g/mol. The van der Waals surface area contributed by atoms with E-state index in [0.717, 1.165) is 0 Å². The van der Waals surface area contributed by atoms with Crippen LogP contribution >= 0.6 is 0 Å². The lowest BCUT2D eigenvalue weighted by Crippen LogP contribution is -2.26. The zero-order valence-electron chi connectivity index (χ0n) is 9.91. The third-order valence-electron chi connectivity index (χ3n) is 2.09. The van der Waals surface area contributed by atoms with Crippen LogP contribution in [0.5, 0.6) is 0 Å². The van der Waals surface area contributed by atoms with Crippen molar-refractivity contribution in [1.29, 1.82) is 0 Å². The van der Waals surface area contributed by atoms with Crippen LogP contribution in [0.1, 0.15) is 34.1 Å². The Balaban J connectivity index is 4.27. The van der Waals surface area contributed by atoms with Crippen LogP contribution < -0.4 is 0 Å². The number of ether oxygens (including phenoxy) is 2. The van der Waals surface area contributed by atoms with Crippen LogP contribution in [0.25, 0.3) is 0 Å². The molecule has 0 aliphatic rings. The number of hydrogen-bond acceptors (Lipinski definition) is 4. The van der Waals surface area contributed by atoms with Gasteiger partial charge in [0, 0.05) is 0 Å². The molecule has 0 aromatic rings. The molecule has 4 heteroatoms. The number of carbonyl (C=O) groups is 2. The molecule has 4 nitrogen and oxygen atoms in total. The molecule has 0 spiro atoms. The summed E-state index contributed by atoms with van der Waals surface area (Å²) in [7, 11) is 0. The van der Waals surface area contributed by atoms with Crippen molar-refractivity contribution in [2.24, 2.45) is 11.8 Å². The molecule has 0 rings (SSSR count). The minimum absolute atomic E-state index is 0.0773. The van der Waals surface area contributed by atoms with E-state index in [1.54, 1.807) is 13.8 Å². The van der Waals surface area contributed by atoms with Crippen LogP contribution in [-0.2, 0) is 19.1 Å². The van der Waals surface area contributed by atoms with Crippen LogP contribution in [0.4, 0.5) is 0 Å². The van der Waals surface area contributed by atoms with E-state index < -0.39 is 5.92 Å². The fraction of sp³-hybridized carbons (Fsp3) is 0.818. The highest BCUT2D eigenvalue weighted by Crippen LogP contribution is 2.17. The van der Waals surface area contributed by atoms with Gasteiger partial charge in [-0.2, -0.15) is 0 Å². The number of rotatable bonds is 6. The van der Waals surface area contributed by atoms with Crippen LogP contribution in [0, 0.1) is 11.8 Å². The highest BCUT2D eigenvalue weighted by molar-refractivity contribution is 5.80. The van der Waals surface area contributed by atoms with Crippen LogP contribution in [0.15, 0.2) is 0 Å². The first kappa shape index (κ1) is 13.9. The topological polar surface area (TPSA) is 52.6 Å². The van der Waals surface area contributed by atoms with Gasteiger partial charge >= 0.3 is 11.9 Å². The SMILES string of the molecule is CCOC(=O)CC(C(=O)OCC)C(C)C. The Morgan fingerprint density at radius 3 is 2.00 bits per heavy atom. The lowest BCUT2D eigenvalue weighted by Gasteiger charge is -2.17. The zero-order chi connectivity index (χ0) is 11.8. The van der Waals surface area contributed by atoms with Crippen molar-refractivity contribution in [1.82, 2.24) is 0 Å². The lowest BCUT2D eigenvalue weighted by atomic mass is 9.93. The summed E-state index contributed by atoms with van der Waals surface area (Å²) in [6.07, 6.45) is 0.102. The summed E-state index contributed by atoms with van der Waals surface area (Å²) in [4.78, 5) is 22.7. The van der Waals surface area contributed by atoms with E-state index >= 15 is 0 Å². The van der Waals surface area contributed by atoms with E-state index in [-0.39, 0.29) is 24.3 Å². The Kier molecular flexibility index (Phi) is 6.75. The van der Waals surface area contributed by atoms with E-state index in [0.29, 0.717) is 13.2 Å². The van der Waals surface area contributed by atoms with Gasteiger partial charge in [-0.1, -0.05) is 13.8 Å². The maximum absolute atomic E-state index is 11.5. The quantitative estimate of drug-likeness (QED) is 0.635. The second kappa shape index (κ2) is 7.26. The molecule has 88 valence electrons. The molecule has 0 aromatic carbocycles. The van der Waals surface area contributed by atoms with Gasteiger partial charge < -0.3 is 9.47 Å². The molecule has 0 aromatic heterocycles. The smallest absolute Gasteiger partial charge is 0.309 e. The molecule has 0 saturated heterocycles. The maximum Gasteiger partial charge on any atom is 0.309 e. The predicted molar refractivity (Wildman–Crippen MR) is 56.2 cm³/mol. The molecule has 0 aliphatic heterocycles. The summed E-state index contributed by atoms with van der Waals surface area (Å²) in [5.41, 5.74) is 0. The average molecular weight is 216 g/mol. The van der Waals surface area contributed by atoms with Gasteiger partial charge in [0.15, 0.2) is 0 Å². The molecule has 0 amide bonds. The Bertz CT molecular complexity index is 211. The predicted octanol–water partition coefficient (Wildman–Crippen LogP) is 1.77.